The average molecular weight is 321 g/mol. The minimum Gasteiger partial charge on any atom is -0.206 e. The third-order valence-corrected chi connectivity index (χ3v) is 2.91. The summed E-state index contributed by atoms with van der Waals surface area (Å²) in [4.78, 5) is 0. The van der Waals surface area contributed by atoms with E-state index in [1.54, 1.807) is 0 Å². The molecule has 2 aromatic carbocycles. The fourth-order valence-electron chi connectivity index (χ4n) is 1.46. The summed E-state index contributed by atoms with van der Waals surface area (Å²) in [7, 11) is 0. The van der Waals surface area contributed by atoms with Crippen molar-refractivity contribution < 1.29 is 13.2 Å². The Hall–Kier alpha value is -1.00. The fraction of sp³-hybridized carbons (Fsp3) is 0. The highest BCUT2D eigenvalue weighted by Crippen LogP contribution is 2.35. The van der Waals surface area contributed by atoms with Crippen LogP contribution in [-0.2, 0) is 0 Å². The molecule has 2 rings (SSSR count). The van der Waals surface area contributed by atoms with Gasteiger partial charge in [0, 0.05) is 16.1 Å². The van der Waals surface area contributed by atoms with Crippen LogP contribution in [0.3, 0.4) is 0 Å². The first-order valence-corrected chi connectivity index (χ1v) is 5.68. The molecule has 0 aliphatic carbocycles. The minimum absolute atomic E-state index is 0.162. The molecule has 2 aromatic rings. The van der Waals surface area contributed by atoms with Crippen molar-refractivity contribution in [1.82, 2.24) is 0 Å². The largest absolute Gasteiger partial charge is 0.206 e. The summed E-state index contributed by atoms with van der Waals surface area (Å²) in [5.41, 5.74) is -0.816. The quantitative estimate of drug-likeness (QED) is 0.694. The van der Waals surface area contributed by atoms with Gasteiger partial charge in [0.05, 0.1) is 10.6 Å². The Kier molecular flexibility index (Phi) is 3.45. The van der Waals surface area contributed by atoms with E-state index in [0.717, 1.165) is 18.2 Å². The lowest BCUT2D eigenvalue weighted by atomic mass is 10.0. The first-order chi connectivity index (χ1) is 8.00. The van der Waals surface area contributed by atoms with E-state index >= 15 is 0 Å². The second kappa shape index (κ2) is 4.70. The summed E-state index contributed by atoms with van der Waals surface area (Å²) in [6.07, 6.45) is 0. The van der Waals surface area contributed by atoms with Crippen molar-refractivity contribution in [2.45, 2.75) is 0 Å². The predicted octanol–water partition coefficient (Wildman–Crippen LogP) is 4.99. The first-order valence-electron chi connectivity index (χ1n) is 4.51. The van der Waals surface area contributed by atoms with Crippen molar-refractivity contribution in [2.24, 2.45) is 0 Å². The SMILES string of the molecule is Fc1cc[c]c(Cl)c1-c1c(F)cc(Br)cc1F. The van der Waals surface area contributed by atoms with Crippen LogP contribution in [0.1, 0.15) is 0 Å². The standard InChI is InChI=1S/C12H4BrClF3/c13-6-4-9(16)12(10(17)5-6)11-7(14)2-1-3-8(11)15/h1,3-5H. The van der Waals surface area contributed by atoms with Gasteiger partial charge in [0.1, 0.15) is 17.5 Å². The molecule has 0 aliphatic rings. The predicted molar refractivity (Wildman–Crippen MR) is 63.3 cm³/mol. The Morgan fingerprint density at radius 1 is 1.00 bits per heavy atom. The van der Waals surface area contributed by atoms with E-state index in [0.29, 0.717) is 0 Å². The molecule has 0 aliphatic heterocycles. The van der Waals surface area contributed by atoms with Crippen molar-refractivity contribution in [3.63, 3.8) is 0 Å². The van der Waals surface area contributed by atoms with Crippen LogP contribution in [-0.4, -0.2) is 0 Å². The number of benzene rings is 2. The zero-order chi connectivity index (χ0) is 12.6. The van der Waals surface area contributed by atoms with Crippen LogP contribution in [0.5, 0.6) is 0 Å². The summed E-state index contributed by atoms with van der Waals surface area (Å²) < 4.78 is 41.1. The van der Waals surface area contributed by atoms with Gasteiger partial charge in [-0.25, -0.2) is 13.2 Å². The third-order valence-electron chi connectivity index (χ3n) is 2.15. The summed E-state index contributed by atoms with van der Waals surface area (Å²) in [5.74, 6) is -2.58. The molecular weight excluding hydrogens is 316 g/mol. The third kappa shape index (κ3) is 2.33. The van der Waals surface area contributed by atoms with Crippen LogP contribution in [0.25, 0.3) is 11.1 Å². The zero-order valence-corrected chi connectivity index (χ0v) is 10.5. The van der Waals surface area contributed by atoms with Crippen LogP contribution in [0.15, 0.2) is 28.7 Å². The molecule has 0 unspecified atom stereocenters. The van der Waals surface area contributed by atoms with Crippen LogP contribution in [0, 0.1) is 23.5 Å². The maximum Gasteiger partial charge on any atom is 0.135 e. The van der Waals surface area contributed by atoms with Crippen molar-refractivity contribution in [1.29, 1.82) is 0 Å². The van der Waals surface area contributed by atoms with Gasteiger partial charge in [-0.05, 0) is 24.3 Å². The molecule has 0 heterocycles. The number of hydrogen-bond acceptors (Lipinski definition) is 0. The molecule has 0 saturated heterocycles. The molecule has 5 heteroatoms. The lowest BCUT2D eigenvalue weighted by molar-refractivity contribution is 0.580. The number of hydrogen-bond donors (Lipinski definition) is 0. The van der Waals surface area contributed by atoms with Gasteiger partial charge in [0.2, 0.25) is 0 Å². The molecule has 87 valence electrons. The zero-order valence-electron chi connectivity index (χ0n) is 8.20. The van der Waals surface area contributed by atoms with Gasteiger partial charge in [-0.15, -0.1) is 0 Å². The Bertz CT molecular complexity index is 541. The molecule has 0 fully saturated rings. The highest BCUT2D eigenvalue weighted by atomic mass is 79.9. The van der Waals surface area contributed by atoms with E-state index in [9.17, 15) is 13.2 Å². The Morgan fingerprint density at radius 3 is 2.12 bits per heavy atom. The molecule has 1 radical (unpaired) electrons. The van der Waals surface area contributed by atoms with Gasteiger partial charge in [-0.1, -0.05) is 27.5 Å². The number of halogens is 5. The van der Waals surface area contributed by atoms with E-state index < -0.39 is 23.0 Å². The molecule has 0 N–H and O–H groups in total. The minimum atomic E-state index is -0.891. The molecule has 0 saturated carbocycles. The average Bonchev–Trinajstić information content (AvgIpc) is 2.21. The first kappa shape index (κ1) is 12.5. The van der Waals surface area contributed by atoms with Gasteiger partial charge < -0.3 is 0 Å². The highest BCUT2D eigenvalue weighted by molar-refractivity contribution is 9.10. The van der Waals surface area contributed by atoms with Gasteiger partial charge in [-0.2, -0.15) is 0 Å². The van der Waals surface area contributed by atoms with E-state index in [2.05, 4.69) is 22.0 Å². The van der Waals surface area contributed by atoms with Crippen molar-refractivity contribution in [3.05, 3.63) is 57.3 Å². The maximum atomic E-state index is 13.6. The van der Waals surface area contributed by atoms with Gasteiger partial charge in [-0.3, -0.25) is 0 Å². The molecule has 0 atom stereocenters. The molecule has 0 bridgehead atoms. The van der Waals surface area contributed by atoms with Gasteiger partial charge >= 0.3 is 0 Å². The molecule has 0 aromatic heterocycles. The lowest BCUT2D eigenvalue weighted by Crippen LogP contribution is -1.94. The molecular formula is C12H4BrClF3. The smallest absolute Gasteiger partial charge is 0.135 e. The molecule has 0 amide bonds. The van der Waals surface area contributed by atoms with Crippen LogP contribution >= 0.6 is 27.5 Å². The highest BCUT2D eigenvalue weighted by Gasteiger charge is 2.19. The Balaban J connectivity index is 2.77. The van der Waals surface area contributed by atoms with E-state index in [1.165, 1.54) is 6.07 Å². The molecule has 17 heavy (non-hydrogen) atoms. The summed E-state index contributed by atoms with van der Waals surface area (Å²) in [6.45, 7) is 0. The van der Waals surface area contributed by atoms with Crippen molar-refractivity contribution in [3.8, 4) is 11.1 Å². The van der Waals surface area contributed by atoms with E-state index in [-0.39, 0.29) is 15.1 Å². The van der Waals surface area contributed by atoms with Crippen LogP contribution < -0.4 is 0 Å². The molecule has 0 spiro atoms. The number of rotatable bonds is 1. The normalized spacial score (nSPS) is 10.6. The van der Waals surface area contributed by atoms with Crippen LogP contribution in [0.2, 0.25) is 5.02 Å². The maximum absolute atomic E-state index is 13.6. The monoisotopic (exact) mass is 319 g/mol. The Labute approximate surface area is 109 Å². The second-order valence-corrected chi connectivity index (χ2v) is 4.55. The van der Waals surface area contributed by atoms with Crippen LogP contribution in [0.4, 0.5) is 13.2 Å². The summed E-state index contributed by atoms with van der Waals surface area (Å²) in [6, 6.07) is 6.86. The van der Waals surface area contributed by atoms with Gasteiger partial charge in [0.25, 0.3) is 0 Å². The Morgan fingerprint density at radius 2 is 1.59 bits per heavy atom. The second-order valence-electron chi connectivity index (χ2n) is 3.26. The van der Waals surface area contributed by atoms with Gasteiger partial charge in [0.15, 0.2) is 0 Å². The van der Waals surface area contributed by atoms with E-state index in [1.807, 2.05) is 0 Å². The fourth-order valence-corrected chi connectivity index (χ4v) is 2.11. The van der Waals surface area contributed by atoms with E-state index in [4.69, 9.17) is 11.6 Å². The lowest BCUT2D eigenvalue weighted by Gasteiger charge is -2.08. The molecule has 0 nitrogen and oxygen atoms in total. The van der Waals surface area contributed by atoms with Crippen molar-refractivity contribution >= 4 is 27.5 Å². The van der Waals surface area contributed by atoms with Crippen molar-refractivity contribution in [2.75, 3.05) is 0 Å². The topological polar surface area (TPSA) is 0 Å². The summed E-state index contributed by atoms with van der Waals surface area (Å²) >= 11 is 8.65. The summed E-state index contributed by atoms with van der Waals surface area (Å²) in [5, 5.41) is -0.162.